The van der Waals surface area contributed by atoms with E-state index in [1.54, 1.807) is 14.0 Å². The Kier molecular flexibility index (Phi) is 4.62. The van der Waals surface area contributed by atoms with Gasteiger partial charge in [-0.3, -0.25) is 0 Å². The highest BCUT2D eigenvalue weighted by Gasteiger charge is 2.17. The first-order chi connectivity index (χ1) is 7.45. The van der Waals surface area contributed by atoms with Gasteiger partial charge in [0.1, 0.15) is 0 Å². The summed E-state index contributed by atoms with van der Waals surface area (Å²) in [6.45, 7) is 5.58. The van der Waals surface area contributed by atoms with Crippen LogP contribution in [0.1, 0.15) is 32.4 Å². The van der Waals surface area contributed by atoms with E-state index in [2.05, 4.69) is 15.9 Å². The minimum Gasteiger partial charge on any atom is -0.493 e. The summed E-state index contributed by atoms with van der Waals surface area (Å²) in [4.78, 5) is 0. The van der Waals surface area contributed by atoms with Crippen molar-refractivity contribution in [2.24, 2.45) is 0 Å². The topological polar surface area (TPSA) is 38.7 Å². The molecule has 0 spiro atoms. The van der Waals surface area contributed by atoms with Crippen LogP contribution in [-0.2, 0) is 0 Å². The molecule has 0 heterocycles. The van der Waals surface area contributed by atoms with Crippen molar-refractivity contribution in [3.05, 3.63) is 22.2 Å². The van der Waals surface area contributed by atoms with Gasteiger partial charge in [0.25, 0.3) is 0 Å². The predicted molar refractivity (Wildman–Crippen MR) is 67.1 cm³/mol. The quantitative estimate of drug-likeness (QED) is 0.924. The zero-order chi connectivity index (χ0) is 12.3. The molecule has 90 valence electrons. The molecule has 0 radical (unpaired) electrons. The number of hydrogen-bond donors (Lipinski definition) is 1. The Bertz CT molecular complexity index is 362. The molecule has 1 aromatic carbocycles. The Morgan fingerprint density at radius 2 is 1.88 bits per heavy atom. The van der Waals surface area contributed by atoms with Crippen LogP contribution in [0.2, 0.25) is 0 Å². The number of benzene rings is 1. The SMILES string of the molecule is COc1cc(Br)cc(C(C)O)c1OC(C)C. The molecule has 0 saturated carbocycles. The summed E-state index contributed by atoms with van der Waals surface area (Å²) in [5, 5.41) is 9.71. The second-order valence-corrected chi connectivity index (χ2v) is 4.78. The maximum atomic E-state index is 9.71. The van der Waals surface area contributed by atoms with E-state index < -0.39 is 6.10 Å². The van der Waals surface area contributed by atoms with Gasteiger partial charge in [0.05, 0.1) is 19.3 Å². The van der Waals surface area contributed by atoms with Gasteiger partial charge >= 0.3 is 0 Å². The fraction of sp³-hybridized carbons (Fsp3) is 0.500. The van der Waals surface area contributed by atoms with Crippen LogP contribution >= 0.6 is 15.9 Å². The van der Waals surface area contributed by atoms with Gasteiger partial charge in [-0.05, 0) is 32.9 Å². The van der Waals surface area contributed by atoms with Crippen LogP contribution in [0.5, 0.6) is 11.5 Å². The molecular weight excluding hydrogens is 272 g/mol. The second kappa shape index (κ2) is 5.55. The van der Waals surface area contributed by atoms with Crippen LogP contribution in [-0.4, -0.2) is 18.3 Å². The fourth-order valence-corrected chi connectivity index (χ4v) is 1.87. The molecule has 3 nitrogen and oxygen atoms in total. The van der Waals surface area contributed by atoms with Crippen molar-refractivity contribution >= 4 is 15.9 Å². The highest BCUT2D eigenvalue weighted by Crippen LogP contribution is 2.38. The van der Waals surface area contributed by atoms with Gasteiger partial charge in [-0.2, -0.15) is 0 Å². The van der Waals surface area contributed by atoms with E-state index in [1.807, 2.05) is 26.0 Å². The Balaban J connectivity index is 3.27. The summed E-state index contributed by atoms with van der Waals surface area (Å²) in [5.41, 5.74) is 0.722. The molecule has 16 heavy (non-hydrogen) atoms. The van der Waals surface area contributed by atoms with Crippen molar-refractivity contribution in [3.63, 3.8) is 0 Å². The number of aliphatic hydroxyl groups is 1. The van der Waals surface area contributed by atoms with E-state index in [1.165, 1.54) is 0 Å². The Morgan fingerprint density at radius 1 is 1.25 bits per heavy atom. The number of rotatable bonds is 4. The number of halogens is 1. The normalized spacial score (nSPS) is 12.7. The molecule has 0 saturated heterocycles. The lowest BCUT2D eigenvalue weighted by atomic mass is 10.1. The van der Waals surface area contributed by atoms with Crippen LogP contribution in [0, 0.1) is 0 Å². The largest absolute Gasteiger partial charge is 0.493 e. The highest BCUT2D eigenvalue weighted by atomic mass is 79.9. The van der Waals surface area contributed by atoms with Crippen molar-refractivity contribution in [2.45, 2.75) is 33.0 Å². The zero-order valence-electron chi connectivity index (χ0n) is 9.95. The molecule has 1 atom stereocenters. The second-order valence-electron chi connectivity index (χ2n) is 3.87. The standard InChI is InChI=1S/C12H17BrO3/c1-7(2)16-12-10(8(3)14)5-9(13)6-11(12)15-4/h5-8,14H,1-4H3. The molecule has 1 N–H and O–H groups in total. The van der Waals surface area contributed by atoms with E-state index in [-0.39, 0.29) is 6.10 Å². The van der Waals surface area contributed by atoms with Gasteiger partial charge in [-0.1, -0.05) is 15.9 Å². The summed E-state index contributed by atoms with van der Waals surface area (Å²) < 4.78 is 11.8. The van der Waals surface area contributed by atoms with E-state index in [4.69, 9.17) is 9.47 Å². The minimum absolute atomic E-state index is 0.0348. The number of methoxy groups -OCH3 is 1. The lowest BCUT2D eigenvalue weighted by Crippen LogP contribution is -2.10. The molecule has 0 aliphatic carbocycles. The fourth-order valence-electron chi connectivity index (χ4n) is 1.41. The van der Waals surface area contributed by atoms with Gasteiger partial charge in [0, 0.05) is 10.0 Å². The number of hydrogen-bond acceptors (Lipinski definition) is 3. The van der Waals surface area contributed by atoms with Crippen molar-refractivity contribution < 1.29 is 14.6 Å². The first-order valence-corrected chi connectivity index (χ1v) is 5.97. The molecule has 1 unspecified atom stereocenters. The molecule has 0 aromatic heterocycles. The van der Waals surface area contributed by atoms with Gasteiger partial charge in [0.15, 0.2) is 11.5 Å². The average Bonchev–Trinajstić information content (AvgIpc) is 2.19. The van der Waals surface area contributed by atoms with E-state index in [0.717, 1.165) is 10.0 Å². The van der Waals surface area contributed by atoms with Crippen LogP contribution in [0.4, 0.5) is 0 Å². The third-order valence-corrected chi connectivity index (χ3v) is 2.53. The molecule has 4 heteroatoms. The monoisotopic (exact) mass is 288 g/mol. The summed E-state index contributed by atoms with van der Waals surface area (Å²) in [6, 6.07) is 3.66. The maximum absolute atomic E-state index is 9.71. The zero-order valence-corrected chi connectivity index (χ0v) is 11.5. The minimum atomic E-state index is -0.597. The molecule has 1 aromatic rings. The highest BCUT2D eigenvalue weighted by molar-refractivity contribution is 9.10. The number of aliphatic hydroxyl groups excluding tert-OH is 1. The third-order valence-electron chi connectivity index (χ3n) is 2.07. The molecule has 0 amide bonds. The first kappa shape index (κ1) is 13.3. The van der Waals surface area contributed by atoms with Crippen molar-refractivity contribution in [3.8, 4) is 11.5 Å². The van der Waals surface area contributed by atoms with Gasteiger partial charge < -0.3 is 14.6 Å². The summed E-state index contributed by atoms with van der Waals surface area (Å²) in [7, 11) is 1.58. The lowest BCUT2D eigenvalue weighted by molar-refractivity contribution is 0.179. The van der Waals surface area contributed by atoms with Crippen molar-refractivity contribution in [1.82, 2.24) is 0 Å². The first-order valence-electron chi connectivity index (χ1n) is 5.17. The third kappa shape index (κ3) is 3.12. The Morgan fingerprint density at radius 3 is 2.31 bits per heavy atom. The lowest BCUT2D eigenvalue weighted by Gasteiger charge is -2.19. The molecule has 0 aliphatic rings. The van der Waals surface area contributed by atoms with Crippen molar-refractivity contribution in [1.29, 1.82) is 0 Å². The maximum Gasteiger partial charge on any atom is 0.167 e. The molecule has 0 aliphatic heterocycles. The number of ether oxygens (including phenoxy) is 2. The van der Waals surface area contributed by atoms with Gasteiger partial charge in [-0.15, -0.1) is 0 Å². The predicted octanol–water partition coefficient (Wildman–Crippen LogP) is 3.30. The average molecular weight is 289 g/mol. The van der Waals surface area contributed by atoms with Crippen molar-refractivity contribution in [2.75, 3.05) is 7.11 Å². The van der Waals surface area contributed by atoms with E-state index in [0.29, 0.717) is 11.5 Å². The van der Waals surface area contributed by atoms with Gasteiger partial charge in [0.2, 0.25) is 0 Å². The van der Waals surface area contributed by atoms with Crippen LogP contribution in [0.25, 0.3) is 0 Å². The Hall–Kier alpha value is -0.740. The summed E-state index contributed by atoms with van der Waals surface area (Å²) >= 11 is 3.38. The molecule has 0 bridgehead atoms. The Labute approximate surface area is 105 Å². The summed E-state index contributed by atoms with van der Waals surface area (Å²) in [5.74, 6) is 1.23. The molecule has 1 rings (SSSR count). The van der Waals surface area contributed by atoms with Crippen LogP contribution < -0.4 is 9.47 Å². The van der Waals surface area contributed by atoms with E-state index >= 15 is 0 Å². The van der Waals surface area contributed by atoms with Gasteiger partial charge in [-0.25, -0.2) is 0 Å². The van der Waals surface area contributed by atoms with Crippen LogP contribution in [0.3, 0.4) is 0 Å². The molecular formula is C12H17BrO3. The summed E-state index contributed by atoms with van der Waals surface area (Å²) in [6.07, 6.45) is -0.562. The smallest absolute Gasteiger partial charge is 0.167 e. The molecule has 0 fully saturated rings. The van der Waals surface area contributed by atoms with Crippen LogP contribution in [0.15, 0.2) is 16.6 Å². The van der Waals surface area contributed by atoms with E-state index in [9.17, 15) is 5.11 Å².